The average Bonchev–Trinajstić information content (AvgIpc) is 3.13. The molecule has 126 valence electrons. The fourth-order valence-electron chi connectivity index (χ4n) is 2.13. The minimum atomic E-state index is -0.355. The summed E-state index contributed by atoms with van der Waals surface area (Å²) in [6.07, 6.45) is 3.05. The molecule has 3 N–H and O–H groups in total. The number of hydrogen-bond acceptors (Lipinski definition) is 5. The molecule has 2 amide bonds. The first-order chi connectivity index (χ1) is 12.1. The standard InChI is InChI=1S/C18H16N4O3/c1-12(23)20-13-4-6-14(7-5-13)21-15-8-9-17(19-11-15)22-18(24)16-3-2-10-25-16/h2-11,21H,1H3,(H,20,23)(H,19,22,24). The van der Waals surface area contributed by atoms with Gasteiger partial charge >= 0.3 is 0 Å². The summed E-state index contributed by atoms with van der Waals surface area (Å²) >= 11 is 0. The molecule has 0 unspecified atom stereocenters. The molecule has 3 aromatic rings. The van der Waals surface area contributed by atoms with Gasteiger partial charge in [0.25, 0.3) is 5.91 Å². The number of hydrogen-bond donors (Lipinski definition) is 3. The first kappa shape index (κ1) is 16.3. The maximum Gasteiger partial charge on any atom is 0.292 e. The largest absolute Gasteiger partial charge is 0.459 e. The van der Waals surface area contributed by atoms with Gasteiger partial charge in [-0.2, -0.15) is 0 Å². The lowest BCUT2D eigenvalue weighted by Gasteiger charge is -2.08. The minimum Gasteiger partial charge on any atom is -0.459 e. The van der Waals surface area contributed by atoms with Crippen LogP contribution in [0.15, 0.2) is 65.4 Å². The van der Waals surface area contributed by atoms with Gasteiger partial charge in [0.1, 0.15) is 5.82 Å². The van der Waals surface area contributed by atoms with Crippen LogP contribution < -0.4 is 16.0 Å². The van der Waals surface area contributed by atoms with E-state index in [1.807, 2.05) is 12.1 Å². The van der Waals surface area contributed by atoms with E-state index in [1.54, 1.807) is 42.6 Å². The van der Waals surface area contributed by atoms with E-state index < -0.39 is 0 Å². The van der Waals surface area contributed by atoms with Crippen molar-refractivity contribution in [3.8, 4) is 0 Å². The molecule has 1 aromatic carbocycles. The Morgan fingerprint density at radius 1 is 0.920 bits per heavy atom. The second-order valence-corrected chi connectivity index (χ2v) is 5.25. The Labute approximate surface area is 144 Å². The SMILES string of the molecule is CC(=O)Nc1ccc(Nc2ccc(NC(=O)c3ccco3)nc2)cc1. The highest BCUT2D eigenvalue weighted by atomic mass is 16.3. The first-order valence-corrected chi connectivity index (χ1v) is 7.56. The number of nitrogens with one attached hydrogen (secondary N) is 3. The van der Waals surface area contributed by atoms with Gasteiger partial charge in [-0.05, 0) is 48.5 Å². The molecule has 0 bridgehead atoms. The van der Waals surface area contributed by atoms with Crippen LogP contribution in [0.2, 0.25) is 0 Å². The summed E-state index contributed by atoms with van der Waals surface area (Å²) in [5, 5.41) is 8.54. The molecule has 0 aliphatic rings. The number of nitrogens with zero attached hydrogens (tertiary/aromatic N) is 1. The summed E-state index contributed by atoms with van der Waals surface area (Å²) in [6.45, 7) is 1.46. The van der Waals surface area contributed by atoms with Crippen molar-refractivity contribution in [1.29, 1.82) is 0 Å². The Morgan fingerprint density at radius 2 is 1.64 bits per heavy atom. The molecule has 0 fully saturated rings. The van der Waals surface area contributed by atoms with Crippen LogP contribution in [0.25, 0.3) is 0 Å². The third kappa shape index (κ3) is 4.44. The summed E-state index contributed by atoms with van der Waals surface area (Å²) in [4.78, 5) is 27.1. The van der Waals surface area contributed by atoms with E-state index >= 15 is 0 Å². The third-order valence-electron chi connectivity index (χ3n) is 3.24. The van der Waals surface area contributed by atoms with Crippen molar-refractivity contribution in [2.45, 2.75) is 6.92 Å². The minimum absolute atomic E-state index is 0.114. The van der Waals surface area contributed by atoms with Gasteiger partial charge in [0, 0.05) is 18.3 Å². The van der Waals surface area contributed by atoms with E-state index in [-0.39, 0.29) is 17.6 Å². The molecule has 0 aliphatic carbocycles. The predicted octanol–water partition coefficient (Wildman–Crippen LogP) is 3.63. The van der Waals surface area contributed by atoms with Crippen molar-refractivity contribution in [2.75, 3.05) is 16.0 Å². The number of aromatic nitrogens is 1. The zero-order valence-electron chi connectivity index (χ0n) is 13.4. The van der Waals surface area contributed by atoms with Gasteiger partial charge < -0.3 is 20.4 Å². The van der Waals surface area contributed by atoms with Gasteiger partial charge in [-0.3, -0.25) is 9.59 Å². The monoisotopic (exact) mass is 336 g/mol. The van der Waals surface area contributed by atoms with Crippen LogP contribution in [-0.2, 0) is 4.79 Å². The van der Waals surface area contributed by atoms with Gasteiger partial charge in [-0.1, -0.05) is 0 Å². The number of carbonyl (C=O) groups excluding carboxylic acids is 2. The van der Waals surface area contributed by atoms with Crippen LogP contribution in [0.4, 0.5) is 22.9 Å². The van der Waals surface area contributed by atoms with Crippen molar-refractivity contribution in [1.82, 2.24) is 4.98 Å². The molecule has 3 rings (SSSR count). The molecular formula is C18H16N4O3. The summed E-state index contributed by atoms with van der Waals surface area (Å²) in [5.74, 6) is 0.181. The lowest BCUT2D eigenvalue weighted by Crippen LogP contribution is -2.11. The summed E-state index contributed by atoms with van der Waals surface area (Å²) in [5.41, 5.74) is 2.35. The molecule has 7 nitrogen and oxygen atoms in total. The quantitative estimate of drug-likeness (QED) is 0.661. The fourth-order valence-corrected chi connectivity index (χ4v) is 2.13. The van der Waals surface area contributed by atoms with E-state index in [9.17, 15) is 9.59 Å². The summed E-state index contributed by atoms with van der Waals surface area (Å²) in [7, 11) is 0. The van der Waals surface area contributed by atoms with Crippen LogP contribution in [0, 0.1) is 0 Å². The van der Waals surface area contributed by atoms with Gasteiger partial charge in [0.15, 0.2) is 5.76 Å². The van der Waals surface area contributed by atoms with Gasteiger partial charge in [-0.15, -0.1) is 0 Å². The molecule has 7 heteroatoms. The molecule has 0 atom stereocenters. The van der Waals surface area contributed by atoms with Gasteiger partial charge in [-0.25, -0.2) is 4.98 Å². The van der Waals surface area contributed by atoms with E-state index in [0.717, 1.165) is 17.1 Å². The number of carbonyl (C=O) groups is 2. The highest BCUT2D eigenvalue weighted by Crippen LogP contribution is 2.19. The highest BCUT2D eigenvalue weighted by molar-refractivity contribution is 6.01. The maximum absolute atomic E-state index is 11.9. The number of amides is 2. The van der Waals surface area contributed by atoms with E-state index in [4.69, 9.17) is 4.42 Å². The lowest BCUT2D eigenvalue weighted by molar-refractivity contribution is -0.114. The molecule has 2 aromatic heterocycles. The van der Waals surface area contributed by atoms with Crippen LogP contribution in [-0.4, -0.2) is 16.8 Å². The Morgan fingerprint density at radius 3 is 2.24 bits per heavy atom. The summed E-state index contributed by atoms with van der Waals surface area (Å²) < 4.78 is 5.03. The molecule has 0 saturated carbocycles. The van der Waals surface area contributed by atoms with Crippen LogP contribution in [0.5, 0.6) is 0 Å². The molecule has 2 heterocycles. The Kier molecular flexibility index (Phi) is 4.75. The maximum atomic E-state index is 11.9. The van der Waals surface area contributed by atoms with E-state index in [0.29, 0.717) is 5.82 Å². The van der Waals surface area contributed by atoms with Crippen LogP contribution >= 0.6 is 0 Å². The Balaban J connectivity index is 1.60. The third-order valence-corrected chi connectivity index (χ3v) is 3.24. The van der Waals surface area contributed by atoms with Gasteiger partial charge in [0.05, 0.1) is 18.1 Å². The topological polar surface area (TPSA) is 96.3 Å². The molecule has 25 heavy (non-hydrogen) atoms. The van der Waals surface area contributed by atoms with Crippen LogP contribution in [0.1, 0.15) is 17.5 Å². The molecule has 0 radical (unpaired) electrons. The normalized spacial score (nSPS) is 10.1. The average molecular weight is 336 g/mol. The molecule has 0 aliphatic heterocycles. The Bertz CT molecular complexity index is 856. The van der Waals surface area contributed by atoms with E-state index in [2.05, 4.69) is 20.9 Å². The fraction of sp³-hybridized carbons (Fsp3) is 0.0556. The van der Waals surface area contributed by atoms with Crippen LogP contribution in [0.3, 0.4) is 0 Å². The number of furan rings is 1. The first-order valence-electron chi connectivity index (χ1n) is 7.56. The zero-order chi connectivity index (χ0) is 17.6. The van der Waals surface area contributed by atoms with Crippen molar-refractivity contribution in [3.63, 3.8) is 0 Å². The number of rotatable bonds is 5. The zero-order valence-corrected chi connectivity index (χ0v) is 13.4. The smallest absolute Gasteiger partial charge is 0.292 e. The predicted molar refractivity (Wildman–Crippen MR) is 94.9 cm³/mol. The second kappa shape index (κ2) is 7.31. The number of benzene rings is 1. The van der Waals surface area contributed by atoms with Gasteiger partial charge in [0.2, 0.25) is 5.91 Å². The van der Waals surface area contributed by atoms with Crippen molar-refractivity contribution < 1.29 is 14.0 Å². The van der Waals surface area contributed by atoms with Crippen molar-refractivity contribution in [3.05, 3.63) is 66.8 Å². The Hall–Kier alpha value is -3.61. The second-order valence-electron chi connectivity index (χ2n) is 5.25. The molecule has 0 saturated heterocycles. The summed E-state index contributed by atoms with van der Waals surface area (Å²) in [6, 6.07) is 14.0. The highest BCUT2D eigenvalue weighted by Gasteiger charge is 2.09. The van der Waals surface area contributed by atoms with Crippen molar-refractivity contribution in [2.24, 2.45) is 0 Å². The van der Waals surface area contributed by atoms with E-state index in [1.165, 1.54) is 13.2 Å². The lowest BCUT2D eigenvalue weighted by atomic mass is 10.2. The molecular weight excluding hydrogens is 320 g/mol. The number of anilines is 4. The number of pyridine rings is 1. The van der Waals surface area contributed by atoms with Crippen molar-refractivity contribution >= 4 is 34.7 Å². The molecule has 0 spiro atoms.